The van der Waals surface area contributed by atoms with Gasteiger partial charge in [0.1, 0.15) is 5.82 Å². The average Bonchev–Trinajstić information content (AvgIpc) is 3.20. The maximum atomic E-state index is 4.76. The highest BCUT2D eigenvalue weighted by Crippen LogP contribution is 2.23. The second-order valence-corrected chi connectivity index (χ2v) is 6.69. The summed E-state index contributed by atoms with van der Waals surface area (Å²) < 4.78 is 0. The molecule has 0 amide bonds. The van der Waals surface area contributed by atoms with Crippen LogP contribution < -0.4 is 5.32 Å². The number of aromatic nitrogens is 2. The minimum atomic E-state index is 0.944. The van der Waals surface area contributed by atoms with Crippen molar-refractivity contribution in [3.63, 3.8) is 0 Å². The van der Waals surface area contributed by atoms with Crippen molar-refractivity contribution in [2.24, 2.45) is 0 Å². The van der Waals surface area contributed by atoms with Crippen LogP contribution in [0.25, 0.3) is 22.7 Å². The zero-order valence-electron chi connectivity index (χ0n) is 19.0. The van der Waals surface area contributed by atoms with Gasteiger partial charge in [0.05, 0.1) is 11.0 Å². The smallest absolute Gasteiger partial charge is 0.134 e. The molecule has 0 unspecified atom stereocenters. The molecule has 2 N–H and O–H groups in total. The average molecular weight is 392 g/mol. The van der Waals surface area contributed by atoms with Crippen molar-refractivity contribution in [2.75, 3.05) is 12.4 Å². The van der Waals surface area contributed by atoms with Crippen LogP contribution in [-0.4, -0.2) is 17.0 Å². The van der Waals surface area contributed by atoms with Gasteiger partial charge in [0.2, 0.25) is 0 Å². The molecule has 3 aromatic rings. The van der Waals surface area contributed by atoms with Gasteiger partial charge >= 0.3 is 0 Å². The normalized spacial score (nSPS) is 10.6. The molecule has 0 aliphatic rings. The topological polar surface area (TPSA) is 40.7 Å². The Bertz CT molecular complexity index is 919. The zero-order valence-corrected chi connectivity index (χ0v) is 19.0. The van der Waals surface area contributed by atoms with Crippen molar-refractivity contribution in [1.82, 2.24) is 9.97 Å². The number of unbranched alkanes of at least 4 members (excludes halogenated alkanes) is 1. The van der Waals surface area contributed by atoms with Gasteiger partial charge in [0.25, 0.3) is 0 Å². The van der Waals surface area contributed by atoms with Crippen molar-refractivity contribution in [3.8, 4) is 0 Å². The van der Waals surface area contributed by atoms with Gasteiger partial charge in [0, 0.05) is 12.7 Å². The number of hydrogen-bond donors (Lipinski definition) is 2. The Morgan fingerprint density at radius 1 is 1.14 bits per heavy atom. The summed E-state index contributed by atoms with van der Waals surface area (Å²) in [7, 11) is 1.94. The molecular weight excluding hydrogens is 354 g/mol. The standard InChI is InChI=1S/C22H27N3.C2H6.C2H4/c1-5-6-7-17-8-11-20-21(14-17)25-22(24-20)16(3)12-18-9-10-19(23-4)13-15(18)2;2*1-2/h8-14,23H,5-7H2,1-4H3,(H,24,25);1-2H3;1-2H2/b16-12+;;. The third-order valence-corrected chi connectivity index (χ3v) is 4.67. The summed E-state index contributed by atoms with van der Waals surface area (Å²) in [6.07, 6.45) is 5.78. The van der Waals surface area contributed by atoms with Gasteiger partial charge < -0.3 is 10.3 Å². The number of hydrogen-bond acceptors (Lipinski definition) is 2. The molecule has 0 aliphatic heterocycles. The number of anilines is 1. The molecule has 1 heterocycles. The van der Waals surface area contributed by atoms with Crippen LogP contribution in [0.4, 0.5) is 5.69 Å². The highest BCUT2D eigenvalue weighted by atomic mass is 14.9. The first-order valence-electron chi connectivity index (χ1n) is 10.6. The molecule has 0 saturated heterocycles. The number of allylic oxidation sites excluding steroid dienone is 1. The minimum Gasteiger partial charge on any atom is -0.388 e. The molecular formula is C26H37N3. The van der Waals surface area contributed by atoms with Gasteiger partial charge in [-0.05, 0) is 79.3 Å². The first-order valence-corrected chi connectivity index (χ1v) is 10.6. The number of imidazole rings is 1. The van der Waals surface area contributed by atoms with Gasteiger partial charge in [-0.25, -0.2) is 4.98 Å². The van der Waals surface area contributed by atoms with Crippen molar-refractivity contribution in [3.05, 3.63) is 72.1 Å². The van der Waals surface area contributed by atoms with E-state index in [0.717, 1.165) is 34.5 Å². The van der Waals surface area contributed by atoms with E-state index in [9.17, 15) is 0 Å². The molecule has 0 spiro atoms. The van der Waals surface area contributed by atoms with Gasteiger partial charge in [0.15, 0.2) is 0 Å². The summed E-state index contributed by atoms with van der Waals surface area (Å²) in [5.74, 6) is 0.944. The number of fused-ring (bicyclic) bond motifs is 1. The van der Waals surface area contributed by atoms with Gasteiger partial charge in [-0.3, -0.25) is 0 Å². The monoisotopic (exact) mass is 391 g/mol. The van der Waals surface area contributed by atoms with Crippen LogP contribution in [0.3, 0.4) is 0 Å². The number of rotatable bonds is 6. The van der Waals surface area contributed by atoms with Crippen LogP contribution in [0.1, 0.15) is 63.1 Å². The van der Waals surface area contributed by atoms with E-state index in [1.165, 1.54) is 29.5 Å². The fourth-order valence-electron chi connectivity index (χ4n) is 3.07. The SMILES string of the molecule is C=C.CC.CCCCc1ccc2nc(/C(C)=C/c3ccc(NC)cc3C)[nH]c2c1. The van der Waals surface area contributed by atoms with E-state index < -0.39 is 0 Å². The molecule has 3 nitrogen and oxygen atoms in total. The molecule has 0 saturated carbocycles. The summed E-state index contributed by atoms with van der Waals surface area (Å²) in [6, 6.07) is 13.0. The number of nitrogens with one attached hydrogen (secondary N) is 2. The molecule has 0 aliphatic carbocycles. The van der Waals surface area contributed by atoms with Crippen molar-refractivity contribution in [2.45, 2.75) is 53.9 Å². The Morgan fingerprint density at radius 3 is 2.48 bits per heavy atom. The van der Waals surface area contributed by atoms with E-state index in [1.807, 2.05) is 20.9 Å². The van der Waals surface area contributed by atoms with E-state index in [0.29, 0.717) is 0 Å². The quantitative estimate of drug-likeness (QED) is 0.424. The van der Waals surface area contributed by atoms with Gasteiger partial charge in [-0.1, -0.05) is 39.3 Å². The number of aryl methyl sites for hydroxylation is 2. The fraction of sp³-hybridized carbons (Fsp3) is 0.346. The van der Waals surface area contributed by atoms with Crippen LogP contribution in [0.5, 0.6) is 0 Å². The summed E-state index contributed by atoms with van der Waals surface area (Å²) in [5.41, 5.74) is 8.29. The second-order valence-electron chi connectivity index (χ2n) is 6.69. The van der Waals surface area contributed by atoms with E-state index in [-0.39, 0.29) is 0 Å². The maximum Gasteiger partial charge on any atom is 0.134 e. The molecule has 0 bridgehead atoms. The summed E-state index contributed by atoms with van der Waals surface area (Å²) in [5, 5.41) is 3.18. The highest BCUT2D eigenvalue weighted by molar-refractivity contribution is 5.84. The first kappa shape index (κ1) is 24.2. The van der Waals surface area contributed by atoms with Crippen LogP contribution in [-0.2, 0) is 6.42 Å². The molecule has 3 rings (SSSR count). The van der Waals surface area contributed by atoms with Gasteiger partial charge in [-0.2, -0.15) is 0 Å². The second kappa shape index (κ2) is 12.6. The number of benzene rings is 2. The Balaban J connectivity index is 0.000000989. The molecule has 2 aromatic carbocycles. The Morgan fingerprint density at radius 2 is 1.86 bits per heavy atom. The molecule has 0 radical (unpaired) electrons. The predicted molar refractivity (Wildman–Crippen MR) is 132 cm³/mol. The van der Waals surface area contributed by atoms with E-state index in [4.69, 9.17) is 4.98 Å². The van der Waals surface area contributed by atoms with E-state index in [2.05, 4.69) is 86.7 Å². The largest absolute Gasteiger partial charge is 0.388 e. The molecule has 29 heavy (non-hydrogen) atoms. The molecule has 0 fully saturated rings. The zero-order chi connectivity index (χ0) is 21.8. The number of aromatic amines is 1. The first-order chi connectivity index (χ1) is 14.1. The van der Waals surface area contributed by atoms with Crippen LogP contribution in [0.2, 0.25) is 0 Å². The summed E-state index contributed by atoms with van der Waals surface area (Å²) in [6.45, 7) is 16.5. The lowest BCUT2D eigenvalue weighted by Gasteiger charge is -2.06. The minimum absolute atomic E-state index is 0.944. The van der Waals surface area contributed by atoms with Crippen molar-refractivity contribution >= 4 is 28.4 Å². The third-order valence-electron chi connectivity index (χ3n) is 4.67. The fourth-order valence-corrected chi connectivity index (χ4v) is 3.07. The number of nitrogens with zero attached hydrogens (tertiary/aromatic N) is 1. The van der Waals surface area contributed by atoms with E-state index >= 15 is 0 Å². The Hall–Kier alpha value is -2.81. The number of H-pyrrole nitrogens is 1. The van der Waals surface area contributed by atoms with Crippen LogP contribution in [0, 0.1) is 6.92 Å². The lowest BCUT2D eigenvalue weighted by Crippen LogP contribution is -1.90. The lowest BCUT2D eigenvalue weighted by molar-refractivity contribution is 0.796. The Labute approximate surface area is 177 Å². The van der Waals surface area contributed by atoms with E-state index in [1.54, 1.807) is 0 Å². The van der Waals surface area contributed by atoms with Crippen molar-refractivity contribution < 1.29 is 0 Å². The van der Waals surface area contributed by atoms with Gasteiger partial charge in [-0.15, -0.1) is 13.2 Å². The lowest BCUT2D eigenvalue weighted by atomic mass is 10.1. The van der Waals surface area contributed by atoms with Crippen LogP contribution >= 0.6 is 0 Å². The van der Waals surface area contributed by atoms with Crippen molar-refractivity contribution in [1.29, 1.82) is 0 Å². The summed E-state index contributed by atoms with van der Waals surface area (Å²) >= 11 is 0. The third kappa shape index (κ3) is 6.63. The Kier molecular flexibility index (Phi) is 10.5. The maximum absolute atomic E-state index is 4.76. The molecule has 0 atom stereocenters. The molecule has 156 valence electrons. The molecule has 1 aromatic heterocycles. The summed E-state index contributed by atoms with van der Waals surface area (Å²) in [4.78, 5) is 8.24. The molecule has 3 heteroatoms. The highest BCUT2D eigenvalue weighted by Gasteiger charge is 2.06. The predicted octanol–water partition coefficient (Wildman–Crippen LogP) is 7.64. The van der Waals surface area contributed by atoms with Crippen LogP contribution in [0.15, 0.2) is 49.6 Å².